The van der Waals surface area contributed by atoms with Crippen LogP contribution in [0.15, 0.2) is 97.3 Å². The molecule has 0 fully saturated rings. The number of methoxy groups -OCH3 is 2. The van der Waals surface area contributed by atoms with Crippen LogP contribution in [-0.2, 0) is 14.1 Å². The maximum Gasteiger partial charge on any atom is 0.379 e. The minimum absolute atomic E-state index is 0.846. The molecule has 0 N–H and O–H groups in total. The summed E-state index contributed by atoms with van der Waals surface area (Å²) in [5.74, 6) is 3.86. The maximum atomic E-state index is 5.39. The molecule has 0 bridgehead atoms. The number of ether oxygens (including phenoxy) is 2. The molecule has 0 amide bonds. The lowest BCUT2D eigenvalue weighted by Gasteiger charge is -2.02. The molecule has 6 aromatic rings. The topological polar surface area (TPSA) is 35.0 Å². The minimum Gasteiger partial charge on any atom is -0.497 e. The van der Waals surface area contributed by atoms with E-state index in [4.69, 9.17) is 9.47 Å². The SMILES string of the molecule is COc1ccc(-c2c3ccccn3c(-c3n4ccccc4c(-c4ccc(OC)cc4)[n+]3C)[n+]2C)cc1. The van der Waals surface area contributed by atoms with Crippen LogP contribution in [0, 0.1) is 0 Å². The molecule has 36 heavy (non-hydrogen) atoms. The van der Waals surface area contributed by atoms with Crippen molar-refractivity contribution in [2.24, 2.45) is 14.1 Å². The van der Waals surface area contributed by atoms with E-state index in [2.05, 4.69) is 105 Å². The van der Waals surface area contributed by atoms with Gasteiger partial charge in [0, 0.05) is 11.1 Å². The molecule has 6 nitrogen and oxygen atoms in total. The van der Waals surface area contributed by atoms with Crippen molar-refractivity contribution < 1.29 is 18.6 Å². The van der Waals surface area contributed by atoms with Crippen molar-refractivity contribution >= 4 is 11.0 Å². The van der Waals surface area contributed by atoms with Crippen LogP contribution >= 0.6 is 0 Å². The number of aromatic nitrogens is 4. The number of pyridine rings is 2. The number of hydrogen-bond acceptors (Lipinski definition) is 2. The second kappa shape index (κ2) is 8.57. The van der Waals surface area contributed by atoms with E-state index in [1.807, 2.05) is 24.3 Å². The number of benzene rings is 2. The fraction of sp³-hybridized carbons (Fsp3) is 0.133. The van der Waals surface area contributed by atoms with E-state index in [1.54, 1.807) is 14.2 Å². The minimum atomic E-state index is 0.846. The predicted molar refractivity (Wildman–Crippen MR) is 140 cm³/mol. The highest BCUT2D eigenvalue weighted by atomic mass is 16.5. The highest BCUT2D eigenvalue weighted by molar-refractivity contribution is 5.80. The lowest BCUT2D eigenvalue weighted by Crippen LogP contribution is -2.39. The molecular weight excluding hydrogens is 448 g/mol. The van der Waals surface area contributed by atoms with Crippen LogP contribution in [0.3, 0.4) is 0 Å². The summed E-state index contributed by atoms with van der Waals surface area (Å²) >= 11 is 0. The average Bonchev–Trinajstić information content (AvgIpc) is 3.38. The molecule has 0 saturated carbocycles. The molecule has 0 spiro atoms. The van der Waals surface area contributed by atoms with Gasteiger partial charge in [-0.1, -0.05) is 12.1 Å². The normalized spacial score (nSPS) is 11.3. The van der Waals surface area contributed by atoms with Crippen LogP contribution in [0.5, 0.6) is 11.5 Å². The van der Waals surface area contributed by atoms with E-state index in [0.29, 0.717) is 0 Å². The molecule has 178 valence electrons. The van der Waals surface area contributed by atoms with E-state index in [-0.39, 0.29) is 0 Å². The summed E-state index contributed by atoms with van der Waals surface area (Å²) in [5.41, 5.74) is 6.82. The Morgan fingerprint density at radius 3 is 1.28 bits per heavy atom. The number of nitrogens with zero attached hydrogens (tertiary/aromatic N) is 4. The number of hydrogen-bond donors (Lipinski definition) is 0. The van der Waals surface area contributed by atoms with Gasteiger partial charge in [0.15, 0.2) is 22.4 Å². The molecule has 0 aliphatic carbocycles. The average molecular weight is 477 g/mol. The van der Waals surface area contributed by atoms with Crippen molar-refractivity contribution in [3.05, 3.63) is 97.3 Å². The van der Waals surface area contributed by atoms with Gasteiger partial charge < -0.3 is 9.47 Å². The number of imidazole rings is 2. The molecule has 6 heteroatoms. The molecule has 0 saturated heterocycles. The Morgan fingerprint density at radius 1 is 0.528 bits per heavy atom. The van der Waals surface area contributed by atoms with E-state index in [1.165, 1.54) is 0 Å². The van der Waals surface area contributed by atoms with Crippen molar-refractivity contribution in [2.45, 2.75) is 0 Å². The van der Waals surface area contributed by atoms with Gasteiger partial charge in [0.1, 0.15) is 11.5 Å². The molecular formula is C30H28N4O2+2. The Hall–Kier alpha value is -4.58. The van der Waals surface area contributed by atoms with Crippen LogP contribution in [-0.4, -0.2) is 23.0 Å². The van der Waals surface area contributed by atoms with Gasteiger partial charge in [-0.25, -0.2) is 9.13 Å². The summed E-state index contributed by atoms with van der Waals surface area (Å²) in [6, 6.07) is 29.2. The fourth-order valence-corrected chi connectivity index (χ4v) is 5.22. The monoisotopic (exact) mass is 476 g/mol. The second-order valence-corrected chi connectivity index (χ2v) is 8.83. The third-order valence-electron chi connectivity index (χ3n) is 6.89. The van der Waals surface area contributed by atoms with Gasteiger partial charge in [-0.05, 0) is 72.8 Å². The first-order valence-corrected chi connectivity index (χ1v) is 11.9. The van der Waals surface area contributed by atoms with E-state index in [9.17, 15) is 0 Å². The Morgan fingerprint density at radius 2 is 0.917 bits per heavy atom. The summed E-state index contributed by atoms with van der Waals surface area (Å²) in [6.07, 6.45) is 4.26. The van der Waals surface area contributed by atoms with Crippen molar-refractivity contribution in [1.29, 1.82) is 0 Å². The van der Waals surface area contributed by atoms with Crippen molar-refractivity contribution in [2.75, 3.05) is 14.2 Å². The molecule has 2 aromatic carbocycles. The molecule has 4 heterocycles. The van der Waals surface area contributed by atoms with Crippen LogP contribution in [0.25, 0.3) is 45.2 Å². The van der Waals surface area contributed by atoms with Gasteiger partial charge in [0.25, 0.3) is 0 Å². The Kier molecular flexibility index (Phi) is 5.22. The third-order valence-corrected chi connectivity index (χ3v) is 6.89. The van der Waals surface area contributed by atoms with Crippen LogP contribution in [0.1, 0.15) is 0 Å². The highest BCUT2D eigenvalue weighted by Crippen LogP contribution is 2.31. The summed E-state index contributed by atoms with van der Waals surface area (Å²) in [4.78, 5) is 0. The van der Waals surface area contributed by atoms with Crippen LogP contribution in [0.4, 0.5) is 0 Å². The Bertz CT molecular complexity index is 1580. The Balaban J connectivity index is 1.66. The van der Waals surface area contributed by atoms with Crippen LogP contribution in [0.2, 0.25) is 0 Å². The quantitative estimate of drug-likeness (QED) is 0.333. The summed E-state index contributed by atoms with van der Waals surface area (Å²) < 4.78 is 19.9. The first kappa shape index (κ1) is 21.9. The zero-order valence-corrected chi connectivity index (χ0v) is 20.8. The van der Waals surface area contributed by atoms with Crippen molar-refractivity contribution in [3.63, 3.8) is 0 Å². The number of fused-ring (bicyclic) bond motifs is 2. The van der Waals surface area contributed by atoms with Gasteiger partial charge in [0.05, 0.1) is 40.7 Å². The van der Waals surface area contributed by atoms with Crippen LogP contribution < -0.4 is 18.6 Å². The molecule has 0 unspecified atom stereocenters. The summed E-state index contributed by atoms with van der Waals surface area (Å²) in [5, 5.41) is 0. The van der Waals surface area contributed by atoms with E-state index >= 15 is 0 Å². The zero-order valence-electron chi connectivity index (χ0n) is 20.8. The molecule has 6 rings (SSSR count). The molecule has 0 atom stereocenters. The zero-order chi connectivity index (χ0) is 24.8. The smallest absolute Gasteiger partial charge is 0.379 e. The third kappa shape index (κ3) is 3.26. The second-order valence-electron chi connectivity index (χ2n) is 8.83. The van der Waals surface area contributed by atoms with Crippen molar-refractivity contribution in [3.8, 4) is 45.7 Å². The lowest BCUT2D eigenvalue weighted by atomic mass is 10.1. The van der Waals surface area contributed by atoms with Crippen molar-refractivity contribution in [1.82, 2.24) is 8.80 Å². The first-order chi connectivity index (χ1) is 17.6. The highest BCUT2D eigenvalue weighted by Gasteiger charge is 2.36. The largest absolute Gasteiger partial charge is 0.497 e. The lowest BCUT2D eigenvalue weighted by molar-refractivity contribution is -0.678. The standard InChI is InChI=1S/C30H28N4O2/c1-31-27(21-11-15-23(35-3)16-12-21)25-9-5-7-19-33(25)29(31)30-32(2)28(26-10-6-8-20-34(26)30)22-13-17-24(36-4)18-14-22/h5-20H,1-4H3/q+2. The molecule has 0 radical (unpaired) electrons. The van der Waals surface area contributed by atoms with Gasteiger partial charge in [-0.3, -0.25) is 0 Å². The predicted octanol–water partition coefficient (Wildman–Crippen LogP) is 4.86. The first-order valence-electron chi connectivity index (χ1n) is 11.9. The van der Waals surface area contributed by atoms with Gasteiger partial charge in [-0.15, -0.1) is 0 Å². The molecule has 0 aliphatic rings. The molecule has 4 aromatic heterocycles. The summed E-state index contributed by atoms with van der Waals surface area (Å²) in [7, 11) is 7.66. The van der Waals surface area contributed by atoms with Gasteiger partial charge in [0.2, 0.25) is 0 Å². The van der Waals surface area contributed by atoms with E-state index < -0.39 is 0 Å². The Labute approximate surface area is 209 Å². The van der Waals surface area contributed by atoms with Gasteiger partial charge in [-0.2, -0.15) is 8.80 Å². The molecule has 0 aliphatic heterocycles. The summed E-state index contributed by atoms with van der Waals surface area (Å²) in [6.45, 7) is 0. The maximum absolute atomic E-state index is 5.39. The van der Waals surface area contributed by atoms with E-state index in [0.717, 1.165) is 56.7 Å². The fourth-order valence-electron chi connectivity index (χ4n) is 5.22. The number of rotatable bonds is 5. The van der Waals surface area contributed by atoms with Gasteiger partial charge >= 0.3 is 11.6 Å².